The number of nitrogens with two attached hydrogens (primary N) is 1. The first kappa shape index (κ1) is 9.93. The van der Waals surface area contributed by atoms with Gasteiger partial charge in [-0.15, -0.1) is 0 Å². The minimum Gasteiger partial charge on any atom is -0.368 e. The highest BCUT2D eigenvalue weighted by atomic mass is 15.0. The second-order valence-corrected chi connectivity index (χ2v) is 3.55. The third kappa shape index (κ3) is 2.07. The Labute approximate surface area is 89.3 Å². The van der Waals surface area contributed by atoms with E-state index in [-0.39, 0.29) is 0 Å². The van der Waals surface area contributed by atoms with Crippen LogP contribution in [0.4, 0.5) is 5.82 Å². The second kappa shape index (κ2) is 4.28. The number of aryl methyl sites for hydroxylation is 1. The molecule has 15 heavy (non-hydrogen) atoms. The number of fused-ring (bicyclic) bond motifs is 1. The molecule has 0 saturated heterocycles. The van der Waals surface area contributed by atoms with E-state index in [4.69, 9.17) is 5.73 Å². The van der Waals surface area contributed by atoms with Gasteiger partial charge >= 0.3 is 0 Å². The van der Waals surface area contributed by atoms with Gasteiger partial charge in [0, 0.05) is 24.2 Å². The average molecular weight is 201 g/mol. The van der Waals surface area contributed by atoms with E-state index in [1.54, 1.807) is 0 Å². The summed E-state index contributed by atoms with van der Waals surface area (Å²) in [6.07, 6.45) is 0. The number of nitrogens with one attached hydrogen (secondary N) is 1. The van der Waals surface area contributed by atoms with Crippen molar-refractivity contribution in [2.45, 2.75) is 6.92 Å². The summed E-state index contributed by atoms with van der Waals surface area (Å²) < 4.78 is 0. The quantitative estimate of drug-likeness (QED) is 0.797. The topological polar surface area (TPSA) is 50.9 Å². The molecular weight excluding hydrogens is 186 g/mol. The molecule has 0 spiro atoms. The number of benzene rings is 1. The first-order chi connectivity index (χ1) is 7.31. The van der Waals surface area contributed by atoms with E-state index in [0.717, 1.165) is 23.4 Å². The second-order valence-electron chi connectivity index (χ2n) is 3.55. The molecular formula is C12H15N3. The summed E-state index contributed by atoms with van der Waals surface area (Å²) in [6.45, 7) is 3.37. The van der Waals surface area contributed by atoms with Crippen LogP contribution < -0.4 is 11.1 Å². The van der Waals surface area contributed by atoms with E-state index in [9.17, 15) is 0 Å². The Morgan fingerprint density at radius 3 is 2.93 bits per heavy atom. The Kier molecular flexibility index (Phi) is 2.83. The molecule has 2 aromatic rings. The Morgan fingerprint density at radius 1 is 1.33 bits per heavy atom. The van der Waals surface area contributed by atoms with E-state index in [2.05, 4.69) is 28.5 Å². The molecule has 0 atom stereocenters. The Bertz CT molecular complexity index is 465. The molecule has 3 N–H and O–H groups in total. The van der Waals surface area contributed by atoms with Gasteiger partial charge in [-0.3, -0.25) is 0 Å². The van der Waals surface area contributed by atoms with Gasteiger partial charge in [-0.1, -0.05) is 24.3 Å². The molecule has 3 nitrogen and oxygen atoms in total. The van der Waals surface area contributed by atoms with Crippen LogP contribution in [0, 0.1) is 6.92 Å². The van der Waals surface area contributed by atoms with Crippen molar-refractivity contribution in [3.63, 3.8) is 0 Å². The molecule has 0 aliphatic heterocycles. The van der Waals surface area contributed by atoms with Crippen molar-refractivity contribution in [1.82, 2.24) is 4.98 Å². The number of aromatic nitrogens is 1. The van der Waals surface area contributed by atoms with Gasteiger partial charge in [0.25, 0.3) is 0 Å². The maximum Gasteiger partial charge on any atom is 0.134 e. The molecule has 0 unspecified atom stereocenters. The highest BCUT2D eigenvalue weighted by Crippen LogP contribution is 2.21. The third-order valence-electron chi connectivity index (χ3n) is 2.31. The molecule has 0 aliphatic carbocycles. The fourth-order valence-corrected chi connectivity index (χ4v) is 1.66. The lowest BCUT2D eigenvalue weighted by Gasteiger charge is -2.08. The first-order valence-electron chi connectivity index (χ1n) is 5.11. The van der Waals surface area contributed by atoms with Crippen LogP contribution in [-0.4, -0.2) is 18.1 Å². The van der Waals surface area contributed by atoms with Crippen LogP contribution in [0.15, 0.2) is 30.3 Å². The SMILES string of the molecule is Cc1cc2ccccc2c(NCCN)n1. The summed E-state index contributed by atoms with van der Waals surface area (Å²) in [6, 6.07) is 10.3. The maximum atomic E-state index is 5.47. The lowest BCUT2D eigenvalue weighted by atomic mass is 10.1. The molecule has 0 bridgehead atoms. The summed E-state index contributed by atoms with van der Waals surface area (Å²) in [4.78, 5) is 4.47. The zero-order valence-electron chi connectivity index (χ0n) is 8.83. The van der Waals surface area contributed by atoms with Gasteiger partial charge in [-0.2, -0.15) is 0 Å². The number of anilines is 1. The van der Waals surface area contributed by atoms with Gasteiger partial charge in [0.15, 0.2) is 0 Å². The lowest BCUT2D eigenvalue weighted by molar-refractivity contribution is 1.01. The molecule has 1 aromatic heterocycles. The average Bonchev–Trinajstić information content (AvgIpc) is 2.25. The highest BCUT2D eigenvalue weighted by molar-refractivity contribution is 5.92. The number of rotatable bonds is 3. The number of hydrogen-bond donors (Lipinski definition) is 2. The van der Waals surface area contributed by atoms with Crippen molar-refractivity contribution in [2.24, 2.45) is 5.73 Å². The van der Waals surface area contributed by atoms with Crippen LogP contribution in [0.2, 0.25) is 0 Å². The van der Waals surface area contributed by atoms with Gasteiger partial charge in [0.2, 0.25) is 0 Å². The molecule has 0 aliphatic rings. The maximum absolute atomic E-state index is 5.47. The molecule has 1 heterocycles. The van der Waals surface area contributed by atoms with Crippen LogP contribution in [-0.2, 0) is 0 Å². The van der Waals surface area contributed by atoms with Crippen LogP contribution >= 0.6 is 0 Å². The zero-order valence-corrected chi connectivity index (χ0v) is 8.83. The fourth-order valence-electron chi connectivity index (χ4n) is 1.66. The fraction of sp³-hybridized carbons (Fsp3) is 0.250. The standard InChI is InChI=1S/C12H15N3/c1-9-8-10-4-2-3-5-11(10)12(15-9)14-7-6-13/h2-5,8H,6-7,13H2,1H3,(H,14,15). The van der Waals surface area contributed by atoms with Gasteiger partial charge in [0.05, 0.1) is 0 Å². The molecule has 3 heteroatoms. The van der Waals surface area contributed by atoms with Crippen LogP contribution in [0.25, 0.3) is 10.8 Å². The summed E-state index contributed by atoms with van der Waals surface area (Å²) in [5.74, 6) is 0.927. The molecule has 0 fully saturated rings. The first-order valence-corrected chi connectivity index (χ1v) is 5.11. The third-order valence-corrected chi connectivity index (χ3v) is 2.31. The van der Waals surface area contributed by atoms with Crippen LogP contribution in [0.5, 0.6) is 0 Å². The number of nitrogens with zero attached hydrogens (tertiary/aromatic N) is 1. The number of hydrogen-bond acceptors (Lipinski definition) is 3. The molecule has 0 saturated carbocycles. The predicted molar refractivity (Wildman–Crippen MR) is 64.0 cm³/mol. The summed E-state index contributed by atoms with van der Waals surface area (Å²) in [5.41, 5.74) is 6.49. The normalized spacial score (nSPS) is 10.5. The Morgan fingerprint density at radius 2 is 2.13 bits per heavy atom. The van der Waals surface area contributed by atoms with Crippen molar-refractivity contribution >= 4 is 16.6 Å². The van der Waals surface area contributed by atoms with E-state index in [0.29, 0.717) is 6.54 Å². The highest BCUT2D eigenvalue weighted by Gasteiger charge is 2.02. The number of pyridine rings is 1. The van der Waals surface area contributed by atoms with Crippen LogP contribution in [0.1, 0.15) is 5.69 Å². The van der Waals surface area contributed by atoms with Gasteiger partial charge in [-0.05, 0) is 18.4 Å². The molecule has 2 rings (SSSR count). The molecule has 78 valence electrons. The van der Waals surface area contributed by atoms with Gasteiger partial charge in [-0.25, -0.2) is 4.98 Å². The summed E-state index contributed by atoms with van der Waals surface area (Å²) in [5, 5.41) is 5.60. The largest absolute Gasteiger partial charge is 0.368 e. The predicted octanol–water partition coefficient (Wildman–Crippen LogP) is 1.91. The van der Waals surface area contributed by atoms with E-state index in [1.807, 2.05) is 19.1 Å². The summed E-state index contributed by atoms with van der Waals surface area (Å²) >= 11 is 0. The van der Waals surface area contributed by atoms with Crippen molar-refractivity contribution in [2.75, 3.05) is 18.4 Å². The van der Waals surface area contributed by atoms with Crippen molar-refractivity contribution < 1.29 is 0 Å². The molecule has 0 radical (unpaired) electrons. The summed E-state index contributed by atoms with van der Waals surface area (Å²) in [7, 11) is 0. The van der Waals surface area contributed by atoms with E-state index in [1.165, 1.54) is 5.39 Å². The van der Waals surface area contributed by atoms with E-state index < -0.39 is 0 Å². The molecule has 0 amide bonds. The minimum absolute atomic E-state index is 0.615. The Balaban J connectivity index is 2.50. The monoisotopic (exact) mass is 201 g/mol. The van der Waals surface area contributed by atoms with Crippen molar-refractivity contribution in [3.8, 4) is 0 Å². The molecule has 1 aromatic carbocycles. The smallest absolute Gasteiger partial charge is 0.134 e. The van der Waals surface area contributed by atoms with Crippen molar-refractivity contribution in [1.29, 1.82) is 0 Å². The van der Waals surface area contributed by atoms with Gasteiger partial charge in [0.1, 0.15) is 5.82 Å². The van der Waals surface area contributed by atoms with Crippen molar-refractivity contribution in [3.05, 3.63) is 36.0 Å². The van der Waals surface area contributed by atoms with Crippen LogP contribution in [0.3, 0.4) is 0 Å². The minimum atomic E-state index is 0.615. The lowest BCUT2D eigenvalue weighted by Crippen LogP contribution is -2.14. The Hall–Kier alpha value is -1.61. The van der Waals surface area contributed by atoms with E-state index >= 15 is 0 Å². The zero-order chi connectivity index (χ0) is 10.7. The van der Waals surface area contributed by atoms with Gasteiger partial charge < -0.3 is 11.1 Å².